The smallest absolute Gasteiger partial charge is 0.158 e. The van der Waals surface area contributed by atoms with Gasteiger partial charge >= 0.3 is 0 Å². The highest BCUT2D eigenvalue weighted by molar-refractivity contribution is 5.68. The number of rotatable bonds is 4. The summed E-state index contributed by atoms with van der Waals surface area (Å²) < 4.78 is 16.7. The number of phenolic OH excluding ortho intramolecular Hbond substituents is 1. The molecule has 2 aliphatic rings. The highest BCUT2D eigenvalue weighted by Crippen LogP contribution is 2.33. The van der Waals surface area contributed by atoms with Crippen molar-refractivity contribution in [3.63, 3.8) is 0 Å². The van der Waals surface area contributed by atoms with E-state index in [2.05, 4.69) is 20.3 Å². The summed E-state index contributed by atoms with van der Waals surface area (Å²) in [7, 11) is 1.87. The number of benzene rings is 1. The molecule has 4 atom stereocenters. The molecule has 4 heterocycles. The summed E-state index contributed by atoms with van der Waals surface area (Å²) in [5.74, 6) is 0.653. The van der Waals surface area contributed by atoms with Crippen LogP contribution in [-0.4, -0.2) is 56.0 Å². The first-order chi connectivity index (χ1) is 15.5. The molecule has 0 radical (unpaired) electrons. The topological polar surface area (TPSA) is 103 Å². The number of fused-ring (bicyclic) bond motifs is 2. The van der Waals surface area contributed by atoms with Crippen LogP contribution in [0, 0.1) is 11.3 Å². The van der Waals surface area contributed by atoms with Gasteiger partial charge in [0.2, 0.25) is 0 Å². The number of hydrogen-bond acceptors (Lipinski definition) is 7. The molecule has 2 aliphatic heterocycles. The predicted molar refractivity (Wildman–Crippen MR) is 117 cm³/mol. The highest BCUT2D eigenvalue weighted by Gasteiger charge is 2.41. The SMILES string of the molecule is CN(c1cnc(-c2ccc(-n3cnc(C#N)c3)cc2O)cn1)[C@@H]1CC2CCC[C@H](N2)[C@@H]1F. The van der Waals surface area contributed by atoms with Crippen molar-refractivity contribution in [3.8, 4) is 28.8 Å². The van der Waals surface area contributed by atoms with Gasteiger partial charge in [-0.2, -0.15) is 5.26 Å². The first-order valence-corrected chi connectivity index (χ1v) is 10.8. The Morgan fingerprint density at radius 3 is 2.84 bits per heavy atom. The maximum absolute atomic E-state index is 15.0. The van der Waals surface area contributed by atoms with E-state index in [9.17, 15) is 5.11 Å². The van der Waals surface area contributed by atoms with Crippen molar-refractivity contribution in [3.05, 3.63) is 48.8 Å². The Morgan fingerprint density at radius 2 is 2.12 bits per heavy atom. The van der Waals surface area contributed by atoms with E-state index in [0.717, 1.165) is 25.7 Å². The van der Waals surface area contributed by atoms with E-state index in [0.29, 0.717) is 34.5 Å². The lowest BCUT2D eigenvalue weighted by atomic mass is 9.82. The van der Waals surface area contributed by atoms with Crippen LogP contribution in [0.2, 0.25) is 0 Å². The van der Waals surface area contributed by atoms with Crippen LogP contribution in [0.1, 0.15) is 31.4 Å². The number of hydrogen-bond donors (Lipinski definition) is 2. The van der Waals surface area contributed by atoms with Crippen molar-refractivity contribution in [1.82, 2.24) is 24.8 Å². The second kappa shape index (κ2) is 8.20. The molecule has 0 amide bonds. The molecule has 9 heteroatoms. The molecule has 32 heavy (non-hydrogen) atoms. The van der Waals surface area contributed by atoms with E-state index in [1.165, 1.54) is 6.33 Å². The van der Waals surface area contributed by atoms with E-state index in [-0.39, 0.29) is 17.8 Å². The zero-order chi connectivity index (χ0) is 22.2. The van der Waals surface area contributed by atoms with Crippen LogP contribution in [0.25, 0.3) is 16.9 Å². The Hall–Kier alpha value is -3.51. The fraction of sp³-hybridized carbons (Fsp3) is 0.391. The van der Waals surface area contributed by atoms with E-state index >= 15 is 4.39 Å². The molecule has 2 aromatic heterocycles. The van der Waals surface area contributed by atoms with Gasteiger partial charge in [0.05, 0.1) is 29.8 Å². The zero-order valence-electron chi connectivity index (χ0n) is 17.7. The fourth-order valence-corrected chi connectivity index (χ4v) is 4.78. The summed E-state index contributed by atoms with van der Waals surface area (Å²) in [4.78, 5) is 14.9. The minimum Gasteiger partial charge on any atom is -0.507 e. The van der Waals surface area contributed by atoms with Crippen molar-refractivity contribution in [2.45, 2.75) is 50.0 Å². The van der Waals surface area contributed by atoms with Gasteiger partial charge in [-0.1, -0.05) is 6.42 Å². The van der Waals surface area contributed by atoms with Crippen LogP contribution in [0.5, 0.6) is 5.75 Å². The second-order valence-electron chi connectivity index (χ2n) is 8.50. The van der Waals surface area contributed by atoms with Crippen LogP contribution in [0.4, 0.5) is 10.2 Å². The Morgan fingerprint density at radius 1 is 1.25 bits per heavy atom. The number of phenols is 1. The maximum atomic E-state index is 15.0. The molecule has 1 aromatic carbocycles. The Balaban J connectivity index is 1.35. The molecule has 2 N–H and O–H groups in total. The number of anilines is 1. The van der Waals surface area contributed by atoms with Crippen molar-refractivity contribution < 1.29 is 9.50 Å². The molecule has 0 spiro atoms. The Labute approximate surface area is 185 Å². The molecule has 164 valence electrons. The van der Waals surface area contributed by atoms with Gasteiger partial charge in [0.1, 0.15) is 30.1 Å². The van der Waals surface area contributed by atoms with Gasteiger partial charge in [0.25, 0.3) is 0 Å². The quantitative estimate of drug-likeness (QED) is 0.652. The van der Waals surface area contributed by atoms with Crippen molar-refractivity contribution in [1.29, 1.82) is 5.26 Å². The first-order valence-electron chi connectivity index (χ1n) is 10.8. The number of nitriles is 1. The third kappa shape index (κ3) is 3.67. The van der Waals surface area contributed by atoms with Crippen LogP contribution in [0.15, 0.2) is 43.1 Å². The Kier molecular flexibility index (Phi) is 5.23. The van der Waals surface area contributed by atoms with Crippen molar-refractivity contribution in [2.75, 3.05) is 11.9 Å². The number of aromatic nitrogens is 4. The van der Waals surface area contributed by atoms with Crippen LogP contribution in [0.3, 0.4) is 0 Å². The van der Waals surface area contributed by atoms with Gasteiger partial charge in [0, 0.05) is 37.0 Å². The molecule has 2 fully saturated rings. The first kappa shape index (κ1) is 20.4. The van der Waals surface area contributed by atoms with Crippen LogP contribution in [-0.2, 0) is 0 Å². The minimum absolute atomic E-state index is 0.0418. The highest BCUT2D eigenvalue weighted by atomic mass is 19.1. The van der Waals surface area contributed by atoms with Gasteiger partial charge in [-0.3, -0.25) is 4.98 Å². The molecule has 1 unspecified atom stereocenters. The van der Waals surface area contributed by atoms with Crippen molar-refractivity contribution in [2.24, 2.45) is 0 Å². The summed E-state index contributed by atoms with van der Waals surface area (Å²) in [6.45, 7) is 0. The standard InChI is InChI=1S/C23H24FN7O/c1-30(20-7-14-3-2-4-18(29-14)23(20)24)22-11-26-19(10-27-22)17-6-5-16(8-21(17)32)31-12-15(9-25)28-13-31/h5-6,8,10-14,18,20,23,29,32H,2-4,7H2,1H3/t14?,18-,20+,23-/m0/s1. The molecule has 8 nitrogen and oxygen atoms in total. The lowest BCUT2D eigenvalue weighted by molar-refractivity contribution is 0.107. The van der Waals surface area contributed by atoms with Crippen LogP contribution < -0.4 is 10.2 Å². The Bertz CT molecular complexity index is 1160. The van der Waals surface area contributed by atoms with Gasteiger partial charge in [-0.05, 0) is 31.4 Å². The average molecular weight is 433 g/mol. The average Bonchev–Trinajstić information content (AvgIpc) is 3.31. The summed E-state index contributed by atoms with van der Waals surface area (Å²) in [6, 6.07) is 7.16. The predicted octanol–water partition coefficient (Wildman–Crippen LogP) is 2.96. The number of halogens is 1. The normalized spacial score (nSPS) is 24.7. The molecule has 3 aromatic rings. The molecule has 5 rings (SSSR count). The lowest BCUT2D eigenvalue weighted by Crippen LogP contribution is -2.61. The summed E-state index contributed by atoms with van der Waals surface area (Å²) >= 11 is 0. The monoisotopic (exact) mass is 433 g/mol. The molecule has 0 aliphatic carbocycles. The molecular weight excluding hydrogens is 409 g/mol. The second-order valence-corrected chi connectivity index (χ2v) is 8.50. The maximum Gasteiger partial charge on any atom is 0.158 e. The van der Waals surface area contributed by atoms with Gasteiger partial charge in [-0.25, -0.2) is 14.4 Å². The molecule has 2 saturated heterocycles. The van der Waals surface area contributed by atoms with Crippen molar-refractivity contribution >= 4 is 5.82 Å². The lowest BCUT2D eigenvalue weighted by Gasteiger charge is -2.46. The number of aromatic hydroxyl groups is 1. The number of piperidine rings is 2. The van der Waals surface area contributed by atoms with E-state index < -0.39 is 6.17 Å². The van der Waals surface area contributed by atoms with Gasteiger partial charge < -0.3 is 19.9 Å². The molecule has 0 saturated carbocycles. The van der Waals surface area contributed by atoms with Gasteiger partial charge in [0.15, 0.2) is 5.69 Å². The number of nitrogens with one attached hydrogen (secondary N) is 1. The number of alkyl halides is 1. The summed E-state index contributed by atoms with van der Waals surface area (Å²) in [6.07, 6.45) is 9.18. The van der Waals surface area contributed by atoms with E-state index in [1.807, 2.05) is 18.0 Å². The number of imidazole rings is 1. The third-order valence-electron chi connectivity index (χ3n) is 6.55. The molecular formula is C23H24FN7O. The number of nitrogens with zero attached hydrogens (tertiary/aromatic N) is 6. The summed E-state index contributed by atoms with van der Waals surface area (Å²) in [5.41, 5.74) is 2.03. The van der Waals surface area contributed by atoms with E-state index in [1.54, 1.807) is 41.4 Å². The zero-order valence-corrected chi connectivity index (χ0v) is 17.7. The molecule has 2 bridgehead atoms. The van der Waals surface area contributed by atoms with Crippen LogP contribution >= 0.6 is 0 Å². The largest absolute Gasteiger partial charge is 0.507 e. The third-order valence-corrected chi connectivity index (χ3v) is 6.55. The van der Waals surface area contributed by atoms with E-state index in [4.69, 9.17) is 5.26 Å². The summed E-state index contributed by atoms with van der Waals surface area (Å²) in [5, 5.41) is 22.9. The van der Waals surface area contributed by atoms with Gasteiger partial charge in [-0.15, -0.1) is 0 Å². The fourth-order valence-electron chi connectivity index (χ4n) is 4.78. The minimum atomic E-state index is -0.945.